The van der Waals surface area contributed by atoms with E-state index in [1.165, 1.54) is 27.0 Å². The summed E-state index contributed by atoms with van der Waals surface area (Å²) in [6.07, 6.45) is 0. The molecule has 0 bridgehead atoms. The fourth-order valence-corrected chi connectivity index (χ4v) is 7.77. The number of hydrogen-bond donors (Lipinski definition) is 0. The minimum atomic E-state index is 0.719. The van der Waals surface area contributed by atoms with E-state index in [-0.39, 0.29) is 0 Å². The molecular formula is C46H30N2S. The Morgan fingerprint density at radius 1 is 0.327 bits per heavy atom. The third-order valence-electron chi connectivity index (χ3n) is 9.05. The minimum Gasteiger partial charge on any atom is -0.226 e. The maximum atomic E-state index is 5.34. The maximum Gasteiger partial charge on any atom is 0.160 e. The van der Waals surface area contributed by atoms with Crippen LogP contribution < -0.4 is 0 Å². The molecule has 7 aromatic carbocycles. The number of hydrogen-bond acceptors (Lipinski definition) is 3. The van der Waals surface area contributed by atoms with Crippen LogP contribution >= 0.6 is 11.3 Å². The molecule has 2 nitrogen and oxygen atoms in total. The average molecular weight is 643 g/mol. The molecule has 230 valence electrons. The monoisotopic (exact) mass is 642 g/mol. The molecule has 0 saturated carbocycles. The number of nitrogens with zero attached hydrogens (tertiary/aromatic N) is 2. The van der Waals surface area contributed by atoms with Crippen LogP contribution in [0.5, 0.6) is 0 Å². The van der Waals surface area contributed by atoms with Gasteiger partial charge in [0.05, 0.1) is 15.9 Å². The average Bonchev–Trinajstić information content (AvgIpc) is 3.57. The van der Waals surface area contributed by atoms with Gasteiger partial charge < -0.3 is 0 Å². The molecule has 2 heterocycles. The lowest BCUT2D eigenvalue weighted by molar-refractivity contribution is 1.24. The van der Waals surface area contributed by atoms with Gasteiger partial charge in [0.15, 0.2) is 5.82 Å². The van der Waals surface area contributed by atoms with Crippen molar-refractivity contribution in [2.24, 2.45) is 0 Å². The molecule has 0 aliphatic rings. The van der Waals surface area contributed by atoms with Gasteiger partial charge in [0.1, 0.15) is 0 Å². The Kier molecular flexibility index (Phi) is 7.38. The van der Waals surface area contributed by atoms with Crippen LogP contribution in [0.25, 0.3) is 87.5 Å². The Balaban J connectivity index is 1.31. The second kappa shape index (κ2) is 12.5. The van der Waals surface area contributed by atoms with E-state index in [0.29, 0.717) is 0 Å². The Morgan fingerprint density at radius 3 is 1.20 bits per heavy atom. The number of thiophene rings is 1. The standard InChI is InChI=1S/C46H30N2S/c1-5-15-31(16-6-1)35-25-36(32-17-7-2-8-18-32)27-38(26-35)39-28-37(33-19-9-3-10-20-33)29-40(30-39)46-47-43(34-21-11-4-12-22-34)45-44(48-46)41-23-13-14-24-42(41)49-45/h1-30H. The summed E-state index contributed by atoms with van der Waals surface area (Å²) in [6, 6.07) is 64.6. The highest BCUT2D eigenvalue weighted by Crippen LogP contribution is 2.41. The minimum absolute atomic E-state index is 0.719. The number of fused-ring (bicyclic) bond motifs is 3. The Hall–Kier alpha value is -6.16. The van der Waals surface area contributed by atoms with E-state index >= 15 is 0 Å². The molecule has 0 aliphatic carbocycles. The molecule has 3 heteroatoms. The van der Waals surface area contributed by atoms with E-state index in [9.17, 15) is 0 Å². The Morgan fingerprint density at radius 2 is 0.714 bits per heavy atom. The van der Waals surface area contributed by atoms with E-state index in [2.05, 4.69) is 182 Å². The molecule has 49 heavy (non-hydrogen) atoms. The van der Waals surface area contributed by atoms with Crippen molar-refractivity contribution in [3.8, 4) is 67.2 Å². The number of aromatic nitrogens is 2. The van der Waals surface area contributed by atoms with E-state index in [1.54, 1.807) is 11.3 Å². The third-order valence-corrected chi connectivity index (χ3v) is 10.2. The lowest BCUT2D eigenvalue weighted by Gasteiger charge is -2.14. The lowest BCUT2D eigenvalue weighted by atomic mass is 9.91. The highest BCUT2D eigenvalue weighted by molar-refractivity contribution is 7.26. The smallest absolute Gasteiger partial charge is 0.160 e. The highest BCUT2D eigenvalue weighted by atomic mass is 32.1. The van der Waals surface area contributed by atoms with Crippen molar-refractivity contribution in [1.82, 2.24) is 9.97 Å². The summed E-state index contributed by atoms with van der Waals surface area (Å²) >= 11 is 1.76. The van der Waals surface area contributed by atoms with Gasteiger partial charge in [-0.2, -0.15) is 0 Å². The van der Waals surface area contributed by atoms with Gasteiger partial charge in [-0.05, 0) is 87.0 Å². The molecular weight excluding hydrogens is 613 g/mol. The van der Waals surface area contributed by atoms with Crippen LogP contribution in [0.15, 0.2) is 182 Å². The maximum absolute atomic E-state index is 5.34. The summed E-state index contributed by atoms with van der Waals surface area (Å²) < 4.78 is 2.32. The van der Waals surface area contributed by atoms with Crippen molar-refractivity contribution in [2.75, 3.05) is 0 Å². The van der Waals surface area contributed by atoms with E-state index in [0.717, 1.165) is 60.5 Å². The lowest BCUT2D eigenvalue weighted by Crippen LogP contribution is -1.95. The first-order valence-electron chi connectivity index (χ1n) is 16.5. The van der Waals surface area contributed by atoms with Crippen LogP contribution in [0.3, 0.4) is 0 Å². The van der Waals surface area contributed by atoms with E-state index in [4.69, 9.17) is 9.97 Å². The van der Waals surface area contributed by atoms with Crippen molar-refractivity contribution in [1.29, 1.82) is 0 Å². The Labute approximate surface area is 289 Å². The van der Waals surface area contributed by atoms with Crippen molar-refractivity contribution in [2.45, 2.75) is 0 Å². The van der Waals surface area contributed by atoms with Gasteiger partial charge >= 0.3 is 0 Å². The predicted molar refractivity (Wildman–Crippen MR) is 208 cm³/mol. The third kappa shape index (κ3) is 5.61. The quantitative estimate of drug-likeness (QED) is 0.180. The van der Waals surface area contributed by atoms with Gasteiger partial charge in [0, 0.05) is 21.2 Å². The van der Waals surface area contributed by atoms with Crippen LogP contribution in [0.4, 0.5) is 0 Å². The fourth-order valence-electron chi connectivity index (χ4n) is 6.62. The van der Waals surface area contributed by atoms with Crippen molar-refractivity contribution < 1.29 is 0 Å². The normalized spacial score (nSPS) is 11.3. The summed E-state index contributed by atoms with van der Waals surface area (Å²) in [7, 11) is 0. The van der Waals surface area contributed by atoms with Crippen LogP contribution in [0.2, 0.25) is 0 Å². The second-order valence-corrected chi connectivity index (χ2v) is 13.3. The van der Waals surface area contributed by atoms with Gasteiger partial charge in [-0.1, -0.05) is 140 Å². The van der Waals surface area contributed by atoms with Crippen molar-refractivity contribution in [3.63, 3.8) is 0 Å². The zero-order valence-corrected chi connectivity index (χ0v) is 27.4. The SMILES string of the molecule is c1ccc(-c2cc(-c3ccccc3)cc(-c3cc(-c4ccccc4)cc(-c4nc(-c5ccccc5)c5sc6ccccc6c5n4)c3)c2)cc1. The summed E-state index contributed by atoms with van der Waals surface area (Å²) in [5, 5.41) is 1.16. The molecule has 9 aromatic rings. The second-order valence-electron chi connectivity index (χ2n) is 12.2. The van der Waals surface area contributed by atoms with Crippen LogP contribution in [-0.2, 0) is 0 Å². The van der Waals surface area contributed by atoms with Gasteiger partial charge in [-0.25, -0.2) is 9.97 Å². The van der Waals surface area contributed by atoms with Crippen molar-refractivity contribution in [3.05, 3.63) is 182 Å². The zero-order chi connectivity index (χ0) is 32.6. The van der Waals surface area contributed by atoms with Crippen LogP contribution in [-0.4, -0.2) is 9.97 Å². The van der Waals surface area contributed by atoms with Gasteiger partial charge in [0.2, 0.25) is 0 Å². The largest absolute Gasteiger partial charge is 0.226 e. The fraction of sp³-hybridized carbons (Fsp3) is 0. The van der Waals surface area contributed by atoms with Gasteiger partial charge in [-0.3, -0.25) is 0 Å². The molecule has 9 rings (SSSR count). The van der Waals surface area contributed by atoms with Crippen LogP contribution in [0, 0.1) is 0 Å². The van der Waals surface area contributed by atoms with E-state index < -0.39 is 0 Å². The first-order chi connectivity index (χ1) is 24.3. The molecule has 0 saturated heterocycles. The number of rotatable bonds is 6. The molecule has 0 aliphatic heterocycles. The topological polar surface area (TPSA) is 25.8 Å². The van der Waals surface area contributed by atoms with E-state index in [1.807, 2.05) is 0 Å². The van der Waals surface area contributed by atoms with Gasteiger partial charge in [-0.15, -0.1) is 11.3 Å². The molecule has 0 fully saturated rings. The molecule has 0 amide bonds. The highest BCUT2D eigenvalue weighted by Gasteiger charge is 2.18. The zero-order valence-electron chi connectivity index (χ0n) is 26.6. The summed E-state index contributed by atoms with van der Waals surface area (Å²) in [5.41, 5.74) is 13.3. The van der Waals surface area contributed by atoms with Gasteiger partial charge in [0.25, 0.3) is 0 Å². The molecule has 0 radical (unpaired) electrons. The molecule has 0 spiro atoms. The first kappa shape index (κ1) is 29.0. The summed E-state index contributed by atoms with van der Waals surface area (Å²) in [5.74, 6) is 0.719. The Bertz CT molecular complexity index is 2520. The molecule has 0 N–H and O–H groups in total. The van der Waals surface area contributed by atoms with Crippen molar-refractivity contribution >= 4 is 31.6 Å². The summed E-state index contributed by atoms with van der Waals surface area (Å²) in [4.78, 5) is 10.7. The number of benzene rings is 7. The molecule has 0 atom stereocenters. The van der Waals surface area contributed by atoms with Crippen LogP contribution in [0.1, 0.15) is 0 Å². The summed E-state index contributed by atoms with van der Waals surface area (Å²) in [6.45, 7) is 0. The predicted octanol–water partition coefficient (Wildman–Crippen LogP) is 12.8. The first-order valence-corrected chi connectivity index (χ1v) is 17.3. The molecule has 2 aromatic heterocycles. The molecule has 0 unspecified atom stereocenters.